The molecule has 0 bridgehead atoms. The van der Waals surface area contributed by atoms with E-state index in [2.05, 4.69) is 0 Å². The van der Waals surface area contributed by atoms with E-state index in [1.54, 1.807) is 31.4 Å². The van der Waals surface area contributed by atoms with Crippen molar-refractivity contribution < 1.29 is 24.3 Å². The molecule has 0 saturated heterocycles. The number of nitrogens with zero attached hydrogens (tertiary/aromatic N) is 1. The largest absolute Gasteiger partial charge is 0.497 e. The van der Waals surface area contributed by atoms with Crippen molar-refractivity contribution in [2.45, 2.75) is 6.61 Å². The molecule has 0 unspecified atom stereocenters. The summed E-state index contributed by atoms with van der Waals surface area (Å²) in [4.78, 5) is 21.1. The smallest absolute Gasteiger partial charge is 0.336 e. The highest BCUT2D eigenvalue weighted by Crippen LogP contribution is 2.24. The minimum atomic E-state index is -1.25. The molecule has 22 heavy (non-hydrogen) atoms. The summed E-state index contributed by atoms with van der Waals surface area (Å²) in [6.45, 7) is 0.157. The maximum atomic E-state index is 11.0. The predicted octanol–water partition coefficient (Wildman–Crippen LogP) is 2.88. The Morgan fingerprint density at radius 2 is 1.86 bits per heavy atom. The number of methoxy groups -OCH3 is 1. The van der Waals surface area contributed by atoms with Gasteiger partial charge in [0.05, 0.1) is 23.7 Å². The van der Waals surface area contributed by atoms with E-state index in [1.165, 1.54) is 12.1 Å². The zero-order valence-corrected chi connectivity index (χ0v) is 11.7. The Morgan fingerprint density at radius 3 is 2.41 bits per heavy atom. The number of rotatable bonds is 6. The minimum Gasteiger partial charge on any atom is -0.497 e. The van der Waals surface area contributed by atoms with E-state index in [-0.39, 0.29) is 23.6 Å². The van der Waals surface area contributed by atoms with Crippen LogP contribution in [0.3, 0.4) is 0 Å². The fraction of sp³-hybridized carbons (Fsp3) is 0.133. The molecule has 114 valence electrons. The predicted molar refractivity (Wildman–Crippen MR) is 77.4 cm³/mol. The summed E-state index contributed by atoms with van der Waals surface area (Å²) >= 11 is 0. The van der Waals surface area contributed by atoms with E-state index in [1.807, 2.05) is 0 Å². The Bertz CT molecular complexity index is 663. The van der Waals surface area contributed by atoms with Gasteiger partial charge in [0.1, 0.15) is 18.1 Å². The first-order valence-electron chi connectivity index (χ1n) is 6.28. The van der Waals surface area contributed by atoms with Crippen molar-refractivity contribution in [3.05, 3.63) is 63.7 Å². The van der Waals surface area contributed by atoms with Crippen molar-refractivity contribution in [3.63, 3.8) is 0 Å². The number of ether oxygens (including phenoxy) is 2. The molecule has 2 rings (SSSR count). The number of carboxylic acids is 1. The fourth-order valence-electron chi connectivity index (χ4n) is 1.78. The van der Waals surface area contributed by atoms with Gasteiger partial charge in [-0.05, 0) is 23.8 Å². The molecule has 0 radical (unpaired) electrons. The van der Waals surface area contributed by atoms with Crippen LogP contribution < -0.4 is 9.47 Å². The number of carboxylic acid groups (broad SMARTS) is 1. The quantitative estimate of drug-likeness (QED) is 0.650. The van der Waals surface area contributed by atoms with Crippen LogP contribution in [0.25, 0.3) is 0 Å². The van der Waals surface area contributed by atoms with E-state index in [0.717, 1.165) is 11.6 Å². The van der Waals surface area contributed by atoms with Gasteiger partial charge in [-0.15, -0.1) is 0 Å². The second-order valence-corrected chi connectivity index (χ2v) is 4.41. The number of nitro benzene ring substituents is 1. The molecule has 2 aromatic carbocycles. The molecule has 1 N–H and O–H groups in total. The highest BCUT2D eigenvalue weighted by molar-refractivity contribution is 5.89. The highest BCUT2D eigenvalue weighted by atomic mass is 16.6. The second-order valence-electron chi connectivity index (χ2n) is 4.41. The molecular weight excluding hydrogens is 290 g/mol. The topological polar surface area (TPSA) is 98.9 Å². The molecule has 0 amide bonds. The van der Waals surface area contributed by atoms with Crippen molar-refractivity contribution in [3.8, 4) is 11.5 Å². The molecule has 0 aliphatic rings. The van der Waals surface area contributed by atoms with Crippen LogP contribution >= 0.6 is 0 Å². The van der Waals surface area contributed by atoms with Gasteiger partial charge in [-0.2, -0.15) is 0 Å². The number of aromatic carboxylic acids is 1. The Labute approximate surface area is 125 Å². The summed E-state index contributed by atoms with van der Waals surface area (Å²) in [5.41, 5.74) is 0.299. The van der Waals surface area contributed by atoms with Gasteiger partial charge in [0.15, 0.2) is 0 Å². The number of hydrogen-bond donors (Lipinski definition) is 1. The number of non-ortho nitro benzene ring substituents is 1. The van der Waals surface area contributed by atoms with Gasteiger partial charge in [-0.1, -0.05) is 12.1 Å². The molecule has 0 saturated carbocycles. The summed E-state index contributed by atoms with van der Waals surface area (Å²) < 4.78 is 10.5. The van der Waals surface area contributed by atoms with Gasteiger partial charge < -0.3 is 14.6 Å². The Kier molecular flexibility index (Phi) is 4.57. The molecule has 0 fully saturated rings. The molecule has 2 aromatic rings. The third-order valence-corrected chi connectivity index (χ3v) is 2.91. The number of carbonyl (C=O) groups is 1. The first-order valence-corrected chi connectivity index (χ1v) is 6.28. The standard InChI is InChI=1S/C15H13NO6/c1-21-13-4-2-10(3-5-13)9-22-14-7-11(15(17)18)6-12(8-14)16(19)20/h2-8H,9H2,1H3,(H,17,18). The van der Waals surface area contributed by atoms with Gasteiger partial charge in [-0.25, -0.2) is 4.79 Å². The van der Waals surface area contributed by atoms with E-state index in [4.69, 9.17) is 14.6 Å². The normalized spacial score (nSPS) is 10.0. The maximum Gasteiger partial charge on any atom is 0.336 e. The van der Waals surface area contributed by atoms with Gasteiger partial charge in [0.25, 0.3) is 5.69 Å². The molecule has 0 heterocycles. The van der Waals surface area contributed by atoms with Crippen molar-refractivity contribution in [2.75, 3.05) is 7.11 Å². The zero-order chi connectivity index (χ0) is 16.1. The monoisotopic (exact) mass is 303 g/mol. The molecule has 7 heteroatoms. The third-order valence-electron chi connectivity index (χ3n) is 2.91. The minimum absolute atomic E-state index is 0.127. The first kappa shape index (κ1) is 15.3. The van der Waals surface area contributed by atoms with Crippen LogP contribution in [-0.2, 0) is 6.61 Å². The Balaban J connectivity index is 2.17. The van der Waals surface area contributed by atoms with Crippen LogP contribution in [0.15, 0.2) is 42.5 Å². The van der Waals surface area contributed by atoms with Gasteiger partial charge in [0, 0.05) is 6.07 Å². The molecule has 0 aromatic heterocycles. The van der Waals surface area contributed by atoms with Gasteiger partial charge in [0.2, 0.25) is 0 Å². The summed E-state index contributed by atoms with van der Waals surface area (Å²) in [6.07, 6.45) is 0. The number of hydrogen-bond acceptors (Lipinski definition) is 5. The summed E-state index contributed by atoms with van der Waals surface area (Å²) in [6, 6.07) is 10.5. The highest BCUT2D eigenvalue weighted by Gasteiger charge is 2.14. The van der Waals surface area contributed by atoms with Gasteiger partial charge in [-0.3, -0.25) is 10.1 Å². The molecule has 0 aliphatic heterocycles. The lowest BCUT2D eigenvalue weighted by molar-refractivity contribution is -0.385. The van der Waals surface area contributed by atoms with Crippen LogP contribution in [-0.4, -0.2) is 23.1 Å². The van der Waals surface area contributed by atoms with Crippen molar-refractivity contribution in [2.24, 2.45) is 0 Å². The molecular formula is C15H13NO6. The summed E-state index contributed by atoms with van der Waals surface area (Å²) in [5.74, 6) is -0.423. The third kappa shape index (κ3) is 3.72. The molecule has 7 nitrogen and oxygen atoms in total. The van der Waals surface area contributed by atoms with Crippen molar-refractivity contribution >= 4 is 11.7 Å². The SMILES string of the molecule is COc1ccc(COc2cc(C(=O)O)cc([N+](=O)[O-])c2)cc1. The number of nitro groups is 1. The molecule has 0 spiro atoms. The molecule has 0 atom stereocenters. The fourth-order valence-corrected chi connectivity index (χ4v) is 1.78. The summed E-state index contributed by atoms with van der Waals surface area (Å²) in [5, 5.41) is 19.8. The molecule has 0 aliphatic carbocycles. The average molecular weight is 303 g/mol. The summed E-state index contributed by atoms with van der Waals surface area (Å²) in [7, 11) is 1.56. The van der Waals surface area contributed by atoms with Crippen LogP contribution in [0.4, 0.5) is 5.69 Å². The van der Waals surface area contributed by atoms with Gasteiger partial charge >= 0.3 is 5.97 Å². The van der Waals surface area contributed by atoms with Crippen LogP contribution in [0, 0.1) is 10.1 Å². The van der Waals surface area contributed by atoms with Crippen LogP contribution in [0.1, 0.15) is 15.9 Å². The second kappa shape index (κ2) is 6.57. The van der Waals surface area contributed by atoms with Crippen molar-refractivity contribution in [1.82, 2.24) is 0 Å². The zero-order valence-electron chi connectivity index (χ0n) is 11.7. The lowest BCUT2D eigenvalue weighted by atomic mass is 10.2. The van der Waals surface area contributed by atoms with Crippen LogP contribution in [0.2, 0.25) is 0 Å². The Hall–Kier alpha value is -3.09. The van der Waals surface area contributed by atoms with Crippen molar-refractivity contribution in [1.29, 1.82) is 0 Å². The van der Waals surface area contributed by atoms with E-state index >= 15 is 0 Å². The number of benzene rings is 2. The first-order chi connectivity index (χ1) is 10.5. The van der Waals surface area contributed by atoms with E-state index in [9.17, 15) is 14.9 Å². The lowest BCUT2D eigenvalue weighted by Gasteiger charge is -2.08. The lowest BCUT2D eigenvalue weighted by Crippen LogP contribution is -2.01. The Morgan fingerprint density at radius 1 is 1.18 bits per heavy atom. The van der Waals surface area contributed by atoms with Crippen LogP contribution in [0.5, 0.6) is 11.5 Å². The van der Waals surface area contributed by atoms with E-state index in [0.29, 0.717) is 5.75 Å². The maximum absolute atomic E-state index is 11.0. The average Bonchev–Trinajstić information content (AvgIpc) is 2.53. The van der Waals surface area contributed by atoms with E-state index < -0.39 is 10.9 Å².